The largest absolute Gasteiger partial charge is 0.465 e. The van der Waals surface area contributed by atoms with E-state index in [9.17, 15) is 14.7 Å². The second kappa shape index (κ2) is 9.27. The van der Waals surface area contributed by atoms with Gasteiger partial charge in [-0.25, -0.2) is 4.79 Å². The van der Waals surface area contributed by atoms with E-state index in [-0.39, 0.29) is 17.9 Å². The van der Waals surface area contributed by atoms with Crippen LogP contribution in [0.15, 0.2) is 18.2 Å². The molecule has 2 atom stereocenters. The molecule has 0 aromatic heterocycles. The fraction of sp³-hybridized carbons (Fsp3) is 0.529. The van der Waals surface area contributed by atoms with Gasteiger partial charge in [0.2, 0.25) is 5.91 Å². The second-order valence-corrected chi connectivity index (χ2v) is 6.86. The van der Waals surface area contributed by atoms with Crippen LogP contribution in [0.25, 0.3) is 0 Å². The number of amides is 2. The molecule has 1 fully saturated rings. The molecular weight excluding hydrogens is 367 g/mol. The number of carbonyl (C=O) groups excluding carboxylic acids is 1. The monoisotopic (exact) mass is 388 g/mol. The van der Waals surface area contributed by atoms with Crippen LogP contribution in [0.4, 0.5) is 4.79 Å². The van der Waals surface area contributed by atoms with Gasteiger partial charge in [0, 0.05) is 32.5 Å². The highest BCUT2D eigenvalue weighted by molar-refractivity contribution is 6.42. The molecular formula is C17H22Cl2N2O4. The van der Waals surface area contributed by atoms with E-state index in [1.165, 1.54) is 11.8 Å². The lowest BCUT2D eigenvalue weighted by atomic mass is 9.90. The highest BCUT2D eigenvalue weighted by atomic mass is 35.5. The van der Waals surface area contributed by atoms with Gasteiger partial charge in [-0.1, -0.05) is 29.3 Å². The molecule has 1 aliphatic rings. The molecule has 0 spiro atoms. The summed E-state index contributed by atoms with van der Waals surface area (Å²) in [5.41, 5.74) is 0.895. The maximum Gasteiger partial charge on any atom is 0.407 e. The Bertz CT molecular complexity index is 627. The molecule has 0 aliphatic carbocycles. The van der Waals surface area contributed by atoms with Gasteiger partial charge in [-0.3, -0.25) is 4.79 Å². The molecule has 2 amide bonds. The van der Waals surface area contributed by atoms with Gasteiger partial charge in [0.1, 0.15) is 0 Å². The van der Waals surface area contributed by atoms with E-state index < -0.39 is 6.09 Å². The zero-order valence-electron chi connectivity index (χ0n) is 14.0. The summed E-state index contributed by atoms with van der Waals surface area (Å²) in [6.45, 7) is 3.04. The average Bonchev–Trinajstić information content (AvgIpc) is 2.77. The minimum Gasteiger partial charge on any atom is -0.465 e. The maximum absolute atomic E-state index is 11.4. The number of nitrogens with one attached hydrogen (secondary N) is 1. The van der Waals surface area contributed by atoms with E-state index in [1.807, 2.05) is 6.07 Å². The Morgan fingerprint density at radius 1 is 1.36 bits per heavy atom. The molecule has 1 aliphatic heterocycles. The summed E-state index contributed by atoms with van der Waals surface area (Å²) in [6.07, 6.45) is 0.330. The first kappa shape index (κ1) is 19.8. The average molecular weight is 389 g/mol. The second-order valence-electron chi connectivity index (χ2n) is 6.04. The molecule has 1 aromatic carbocycles. The molecule has 6 nitrogen and oxygen atoms in total. The van der Waals surface area contributed by atoms with Crippen LogP contribution in [-0.4, -0.2) is 54.4 Å². The van der Waals surface area contributed by atoms with Gasteiger partial charge in [-0.2, -0.15) is 0 Å². The highest BCUT2D eigenvalue weighted by Gasteiger charge is 2.31. The van der Waals surface area contributed by atoms with Crippen molar-refractivity contribution in [1.29, 1.82) is 0 Å². The van der Waals surface area contributed by atoms with Crippen molar-refractivity contribution >= 4 is 35.2 Å². The summed E-state index contributed by atoms with van der Waals surface area (Å²) in [6, 6.07) is 5.34. The zero-order chi connectivity index (χ0) is 18.4. The van der Waals surface area contributed by atoms with Crippen molar-refractivity contribution in [2.24, 2.45) is 0 Å². The molecule has 2 rings (SSSR count). The lowest BCUT2D eigenvalue weighted by molar-refractivity contribution is -0.119. The summed E-state index contributed by atoms with van der Waals surface area (Å²) in [5.74, 6) is -0.217. The zero-order valence-corrected chi connectivity index (χ0v) is 15.5. The third kappa shape index (κ3) is 5.76. The number of halogens is 2. The molecule has 1 saturated heterocycles. The van der Waals surface area contributed by atoms with Crippen LogP contribution < -0.4 is 5.32 Å². The quantitative estimate of drug-likeness (QED) is 0.757. The predicted octanol–water partition coefficient (Wildman–Crippen LogP) is 3.37. The molecule has 138 valence electrons. The van der Waals surface area contributed by atoms with Crippen molar-refractivity contribution in [3.63, 3.8) is 0 Å². The first-order chi connectivity index (χ1) is 11.9. The first-order valence-electron chi connectivity index (χ1n) is 8.17. The van der Waals surface area contributed by atoms with Crippen molar-refractivity contribution in [3.05, 3.63) is 33.8 Å². The maximum atomic E-state index is 11.4. The Balaban J connectivity index is 2.16. The third-order valence-corrected chi connectivity index (χ3v) is 4.98. The Morgan fingerprint density at radius 2 is 2.12 bits per heavy atom. The molecule has 1 aromatic rings. The summed E-state index contributed by atoms with van der Waals surface area (Å²) in [4.78, 5) is 23.8. The summed E-state index contributed by atoms with van der Waals surface area (Å²) in [7, 11) is 0. The van der Waals surface area contributed by atoms with Crippen LogP contribution in [0.1, 0.15) is 31.2 Å². The van der Waals surface area contributed by atoms with E-state index in [4.69, 9.17) is 27.9 Å². The fourth-order valence-electron chi connectivity index (χ4n) is 2.97. The normalized spacial score (nSPS) is 20.8. The van der Waals surface area contributed by atoms with Gasteiger partial charge in [-0.15, -0.1) is 0 Å². The number of benzene rings is 1. The van der Waals surface area contributed by atoms with Gasteiger partial charge in [-0.05, 0) is 30.5 Å². The minimum atomic E-state index is -0.965. The number of carbonyl (C=O) groups is 2. The van der Waals surface area contributed by atoms with Crippen molar-refractivity contribution < 1.29 is 19.4 Å². The van der Waals surface area contributed by atoms with Crippen LogP contribution in [0, 0.1) is 0 Å². The van der Waals surface area contributed by atoms with Gasteiger partial charge >= 0.3 is 6.09 Å². The van der Waals surface area contributed by atoms with Crippen molar-refractivity contribution in [1.82, 2.24) is 10.2 Å². The van der Waals surface area contributed by atoms with E-state index in [2.05, 4.69) is 5.32 Å². The van der Waals surface area contributed by atoms with E-state index in [0.29, 0.717) is 42.7 Å². The van der Waals surface area contributed by atoms with Crippen LogP contribution in [0.3, 0.4) is 0 Å². The molecule has 0 bridgehead atoms. The lowest BCUT2D eigenvalue weighted by Crippen LogP contribution is -2.35. The van der Waals surface area contributed by atoms with Crippen molar-refractivity contribution in [2.45, 2.75) is 31.8 Å². The molecule has 8 heteroatoms. The smallest absolute Gasteiger partial charge is 0.407 e. The van der Waals surface area contributed by atoms with Crippen LogP contribution in [0.2, 0.25) is 10.0 Å². The van der Waals surface area contributed by atoms with Gasteiger partial charge < -0.3 is 20.1 Å². The van der Waals surface area contributed by atoms with Gasteiger partial charge in [0.15, 0.2) is 0 Å². The van der Waals surface area contributed by atoms with Crippen LogP contribution in [0.5, 0.6) is 0 Å². The van der Waals surface area contributed by atoms with E-state index in [0.717, 1.165) is 12.0 Å². The van der Waals surface area contributed by atoms with E-state index in [1.54, 1.807) is 12.1 Å². The Kier molecular flexibility index (Phi) is 7.35. The topological polar surface area (TPSA) is 78.9 Å². The number of hydrogen-bond acceptors (Lipinski definition) is 3. The number of ether oxygens (including phenoxy) is 1. The predicted molar refractivity (Wildman–Crippen MR) is 96.5 cm³/mol. The van der Waals surface area contributed by atoms with Crippen molar-refractivity contribution in [3.8, 4) is 0 Å². The molecule has 0 radical (unpaired) electrons. The number of hydrogen-bond donors (Lipinski definition) is 2. The van der Waals surface area contributed by atoms with E-state index >= 15 is 0 Å². The van der Waals surface area contributed by atoms with Crippen molar-refractivity contribution in [2.75, 3.05) is 26.2 Å². The number of carboxylic acid groups (broad SMARTS) is 1. The number of nitrogens with zero attached hydrogens (tertiary/aromatic N) is 1. The Morgan fingerprint density at radius 3 is 2.76 bits per heavy atom. The third-order valence-electron chi connectivity index (χ3n) is 4.24. The Hall–Kier alpha value is -1.50. The van der Waals surface area contributed by atoms with Crippen LogP contribution >= 0.6 is 23.2 Å². The summed E-state index contributed by atoms with van der Waals surface area (Å²) >= 11 is 12.1. The number of rotatable bonds is 5. The first-order valence-corrected chi connectivity index (χ1v) is 8.93. The lowest BCUT2D eigenvalue weighted by Gasteiger charge is -2.27. The molecule has 0 saturated carbocycles. The fourth-order valence-corrected chi connectivity index (χ4v) is 3.27. The summed E-state index contributed by atoms with van der Waals surface area (Å²) < 4.78 is 5.93. The highest BCUT2D eigenvalue weighted by Crippen LogP contribution is 2.32. The SMILES string of the molecule is CC(=O)NCCCC1OCCN(C(=O)O)CC1c1ccc(Cl)c(Cl)c1. The molecule has 1 heterocycles. The Labute approximate surface area is 157 Å². The molecule has 2 N–H and O–H groups in total. The summed E-state index contributed by atoms with van der Waals surface area (Å²) in [5, 5.41) is 13.0. The standard InChI is InChI=1S/C17H22Cl2N2O4/c1-11(22)20-6-2-3-16-13(10-21(17(23)24)7-8-25-16)12-4-5-14(18)15(19)9-12/h4-5,9,13,16H,2-3,6-8,10H2,1H3,(H,20,22)(H,23,24). The molecule has 25 heavy (non-hydrogen) atoms. The minimum absolute atomic E-state index is 0.0696. The molecule has 2 unspecified atom stereocenters. The van der Waals surface area contributed by atoms with Gasteiger partial charge in [0.05, 0.1) is 22.8 Å². The van der Waals surface area contributed by atoms with Crippen LogP contribution in [-0.2, 0) is 9.53 Å². The van der Waals surface area contributed by atoms with Gasteiger partial charge in [0.25, 0.3) is 0 Å².